The SMILES string of the molecule is COc1ccc(S(=O)(=O)C(c2ccccc2)c2cc(C(C)=O)c(C)o2)cc1. The van der Waals surface area contributed by atoms with Crippen molar-refractivity contribution < 1.29 is 22.4 Å². The third-order valence-electron chi connectivity index (χ3n) is 4.38. The van der Waals surface area contributed by atoms with E-state index in [1.807, 2.05) is 6.07 Å². The van der Waals surface area contributed by atoms with E-state index in [1.165, 1.54) is 32.2 Å². The second kappa shape index (κ2) is 7.40. The van der Waals surface area contributed by atoms with Crippen molar-refractivity contribution in [3.8, 4) is 5.75 Å². The Labute approximate surface area is 158 Å². The molecule has 3 aromatic rings. The second-order valence-corrected chi connectivity index (χ2v) is 8.22. The molecule has 0 N–H and O–H groups in total. The van der Waals surface area contributed by atoms with E-state index in [2.05, 4.69) is 0 Å². The fourth-order valence-corrected chi connectivity index (χ4v) is 4.73. The number of carbonyl (C=O) groups is 1. The number of hydrogen-bond acceptors (Lipinski definition) is 5. The van der Waals surface area contributed by atoms with Gasteiger partial charge in [-0.15, -0.1) is 0 Å². The highest BCUT2D eigenvalue weighted by molar-refractivity contribution is 7.91. The van der Waals surface area contributed by atoms with Gasteiger partial charge in [-0.2, -0.15) is 0 Å². The maximum atomic E-state index is 13.4. The molecule has 0 fully saturated rings. The van der Waals surface area contributed by atoms with Crippen molar-refractivity contribution in [3.05, 3.63) is 83.3 Å². The molecule has 6 heteroatoms. The van der Waals surface area contributed by atoms with Crippen LogP contribution in [0.1, 0.15) is 39.6 Å². The third-order valence-corrected chi connectivity index (χ3v) is 6.43. The van der Waals surface area contributed by atoms with E-state index in [1.54, 1.807) is 43.3 Å². The molecule has 2 aromatic carbocycles. The normalized spacial score (nSPS) is 12.6. The average Bonchev–Trinajstić information content (AvgIpc) is 3.04. The van der Waals surface area contributed by atoms with Crippen molar-refractivity contribution in [2.75, 3.05) is 7.11 Å². The topological polar surface area (TPSA) is 73.6 Å². The van der Waals surface area contributed by atoms with Crippen LogP contribution in [0.2, 0.25) is 0 Å². The number of ketones is 1. The molecule has 5 nitrogen and oxygen atoms in total. The first-order chi connectivity index (χ1) is 12.8. The van der Waals surface area contributed by atoms with Crippen LogP contribution in [0.25, 0.3) is 0 Å². The Balaban J connectivity index is 2.18. The summed E-state index contributed by atoms with van der Waals surface area (Å²) >= 11 is 0. The van der Waals surface area contributed by atoms with Crippen LogP contribution >= 0.6 is 0 Å². The predicted molar refractivity (Wildman–Crippen MR) is 102 cm³/mol. The maximum absolute atomic E-state index is 13.4. The largest absolute Gasteiger partial charge is 0.497 e. The number of carbonyl (C=O) groups excluding carboxylic acids is 1. The summed E-state index contributed by atoms with van der Waals surface area (Å²) in [7, 11) is -2.30. The molecule has 140 valence electrons. The van der Waals surface area contributed by atoms with Crippen LogP contribution in [0.15, 0.2) is 70.0 Å². The number of furan rings is 1. The molecule has 1 unspecified atom stereocenters. The first kappa shape index (κ1) is 18.9. The molecule has 0 spiro atoms. The number of sulfone groups is 1. The van der Waals surface area contributed by atoms with Crippen molar-refractivity contribution >= 4 is 15.6 Å². The standard InChI is InChI=1S/C21H20O5S/c1-14(22)19-13-20(26-15(19)2)21(16-7-5-4-6-8-16)27(23,24)18-11-9-17(25-3)10-12-18/h4-13,21H,1-3H3. The molecule has 0 bridgehead atoms. The first-order valence-electron chi connectivity index (χ1n) is 8.38. The molecule has 3 rings (SSSR count). The Morgan fingerprint density at radius 3 is 2.19 bits per heavy atom. The number of hydrogen-bond donors (Lipinski definition) is 0. The maximum Gasteiger partial charge on any atom is 0.192 e. The molecule has 0 saturated carbocycles. The minimum Gasteiger partial charge on any atom is -0.497 e. The number of rotatable bonds is 6. The monoisotopic (exact) mass is 384 g/mol. The summed E-state index contributed by atoms with van der Waals surface area (Å²) in [5.74, 6) is 1.03. The van der Waals surface area contributed by atoms with Crippen LogP contribution in [0.4, 0.5) is 0 Å². The molecule has 1 atom stereocenters. The van der Waals surface area contributed by atoms with Crippen molar-refractivity contribution in [2.45, 2.75) is 24.0 Å². The Kier molecular flexibility index (Phi) is 5.19. The predicted octanol–water partition coefficient (Wildman–Crippen LogP) is 4.36. The van der Waals surface area contributed by atoms with Gasteiger partial charge >= 0.3 is 0 Å². The van der Waals surface area contributed by atoms with E-state index < -0.39 is 15.1 Å². The van der Waals surface area contributed by atoms with Gasteiger partial charge in [0.05, 0.1) is 17.6 Å². The minimum absolute atomic E-state index is 0.149. The number of benzene rings is 2. The molecule has 0 radical (unpaired) electrons. The molecular formula is C21H20O5S. The molecule has 0 aliphatic carbocycles. The van der Waals surface area contributed by atoms with E-state index >= 15 is 0 Å². The zero-order valence-electron chi connectivity index (χ0n) is 15.3. The van der Waals surface area contributed by atoms with Crippen LogP contribution in [-0.4, -0.2) is 21.3 Å². The lowest BCUT2D eigenvalue weighted by Crippen LogP contribution is -2.15. The van der Waals surface area contributed by atoms with Gasteiger partial charge in [0, 0.05) is 0 Å². The van der Waals surface area contributed by atoms with E-state index in [0.29, 0.717) is 22.6 Å². The van der Waals surface area contributed by atoms with Gasteiger partial charge in [0.2, 0.25) is 0 Å². The molecule has 0 saturated heterocycles. The minimum atomic E-state index is -3.82. The van der Waals surface area contributed by atoms with Crippen LogP contribution in [0.3, 0.4) is 0 Å². The van der Waals surface area contributed by atoms with E-state index in [-0.39, 0.29) is 16.4 Å². The van der Waals surface area contributed by atoms with Gasteiger partial charge in [0.1, 0.15) is 22.5 Å². The van der Waals surface area contributed by atoms with Crippen molar-refractivity contribution in [1.29, 1.82) is 0 Å². The molecule has 0 amide bonds. The Bertz CT molecular complexity index is 1050. The van der Waals surface area contributed by atoms with E-state index in [0.717, 1.165) is 0 Å². The second-order valence-electron chi connectivity index (χ2n) is 6.19. The number of Topliss-reactive ketones (excluding diaryl/α,β-unsaturated/α-hetero) is 1. The highest BCUT2D eigenvalue weighted by Crippen LogP contribution is 2.37. The Morgan fingerprint density at radius 1 is 1.04 bits per heavy atom. The quantitative estimate of drug-likeness (QED) is 0.590. The van der Waals surface area contributed by atoms with Gasteiger partial charge in [-0.25, -0.2) is 8.42 Å². The summed E-state index contributed by atoms with van der Waals surface area (Å²) in [6.07, 6.45) is 0. The molecular weight excluding hydrogens is 364 g/mol. The summed E-state index contributed by atoms with van der Waals surface area (Å²) in [4.78, 5) is 12.0. The fourth-order valence-electron chi connectivity index (χ4n) is 3.01. The third kappa shape index (κ3) is 3.66. The zero-order valence-corrected chi connectivity index (χ0v) is 16.1. The van der Waals surface area contributed by atoms with Gasteiger partial charge in [0.25, 0.3) is 0 Å². The van der Waals surface area contributed by atoms with Gasteiger partial charge in [0.15, 0.2) is 15.6 Å². The van der Waals surface area contributed by atoms with Crippen LogP contribution in [-0.2, 0) is 9.84 Å². The molecule has 1 aromatic heterocycles. The van der Waals surface area contributed by atoms with Crippen molar-refractivity contribution in [3.63, 3.8) is 0 Å². The zero-order chi connectivity index (χ0) is 19.6. The Morgan fingerprint density at radius 2 is 1.67 bits per heavy atom. The van der Waals surface area contributed by atoms with Crippen LogP contribution in [0, 0.1) is 6.92 Å². The highest BCUT2D eigenvalue weighted by Gasteiger charge is 2.34. The Hall–Kier alpha value is -2.86. The highest BCUT2D eigenvalue weighted by atomic mass is 32.2. The number of methoxy groups -OCH3 is 1. The smallest absolute Gasteiger partial charge is 0.192 e. The van der Waals surface area contributed by atoms with Gasteiger partial charge in [-0.3, -0.25) is 4.79 Å². The summed E-state index contributed by atoms with van der Waals surface area (Å²) < 4.78 is 37.7. The van der Waals surface area contributed by atoms with Crippen molar-refractivity contribution in [1.82, 2.24) is 0 Å². The van der Waals surface area contributed by atoms with Gasteiger partial charge in [-0.1, -0.05) is 30.3 Å². The lowest BCUT2D eigenvalue weighted by Gasteiger charge is -2.16. The summed E-state index contributed by atoms with van der Waals surface area (Å²) in [5, 5.41) is -1.06. The first-order valence-corrected chi connectivity index (χ1v) is 9.93. The summed E-state index contributed by atoms with van der Waals surface area (Å²) in [6, 6.07) is 16.6. The molecule has 0 aliphatic heterocycles. The summed E-state index contributed by atoms with van der Waals surface area (Å²) in [6.45, 7) is 3.08. The molecule has 1 heterocycles. The number of aryl methyl sites for hydroxylation is 1. The van der Waals surface area contributed by atoms with Gasteiger partial charge in [-0.05, 0) is 49.7 Å². The number of ether oxygens (including phenoxy) is 1. The van der Waals surface area contributed by atoms with Crippen molar-refractivity contribution in [2.24, 2.45) is 0 Å². The fraction of sp³-hybridized carbons (Fsp3) is 0.190. The van der Waals surface area contributed by atoms with E-state index in [4.69, 9.17) is 9.15 Å². The lowest BCUT2D eigenvalue weighted by atomic mass is 10.1. The lowest BCUT2D eigenvalue weighted by molar-refractivity contribution is 0.101. The summed E-state index contributed by atoms with van der Waals surface area (Å²) in [5.41, 5.74) is 0.952. The molecule has 27 heavy (non-hydrogen) atoms. The van der Waals surface area contributed by atoms with E-state index in [9.17, 15) is 13.2 Å². The van der Waals surface area contributed by atoms with Crippen LogP contribution in [0.5, 0.6) is 5.75 Å². The van der Waals surface area contributed by atoms with Gasteiger partial charge < -0.3 is 9.15 Å². The van der Waals surface area contributed by atoms with Crippen LogP contribution < -0.4 is 4.74 Å². The average molecular weight is 384 g/mol. The molecule has 0 aliphatic rings.